The van der Waals surface area contributed by atoms with Crippen molar-refractivity contribution in [3.05, 3.63) is 35.4 Å². The lowest BCUT2D eigenvalue weighted by Gasteiger charge is -2.22. The number of hydroxylamine groups is 2. The van der Waals surface area contributed by atoms with Gasteiger partial charge >= 0.3 is 5.97 Å². The van der Waals surface area contributed by atoms with Crippen molar-refractivity contribution < 1.29 is 24.3 Å². The Labute approximate surface area is 108 Å². The van der Waals surface area contributed by atoms with Gasteiger partial charge in [0.15, 0.2) is 0 Å². The first kappa shape index (κ1) is 11.9. The number of nitrogens with zero attached hydrogens (tertiary/aromatic N) is 1. The monoisotopic (exact) mass is 261 g/mol. The first-order valence-corrected chi connectivity index (χ1v) is 6.05. The minimum atomic E-state index is -0.623. The maximum Gasteiger partial charge on any atom is 0.348 e. The quantitative estimate of drug-likeness (QED) is 0.468. The molecule has 0 atom stereocenters. The van der Waals surface area contributed by atoms with Crippen LogP contribution < -0.4 is 0 Å². The second-order valence-corrected chi connectivity index (χ2v) is 4.55. The lowest BCUT2D eigenvalue weighted by Crippen LogP contribution is -2.33. The fourth-order valence-corrected chi connectivity index (χ4v) is 2.02. The van der Waals surface area contributed by atoms with Crippen LogP contribution in [0, 0.1) is 5.92 Å². The Morgan fingerprint density at radius 1 is 1.11 bits per heavy atom. The molecule has 2 aliphatic rings. The number of hydrogen-bond donors (Lipinski definition) is 0. The molecule has 1 aromatic rings. The summed E-state index contributed by atoms with van der Waals surface area (Å²) in [5.74, 6) is -1.97. The largest absolute Gasteiger partial charge is 0.348 e. The average molecular weight is 261 g/mol. The summed E-state index contributed by atoms with van der Waals surface area (Å²) in [4.78, 5) is 44.4. The average Bonchev–Trinajstić information content (AvgIpc) is 2.59. The number of fused-ring (bicyclic) bond motifs is 1. The van der Waals surface area contributed by atoms with Gasteiger partial charge in [0.25, 0.3) is 11.8 Å². The van der Waals surface area contributed by atoms with Gasteiger partial charge in [-0.3, -0.25) is 14.5 Å². The molecule has 1 fully saturated rings. The van der Waals surface area contributed by atoms with Crippen molar-refractivity contribution in [1.29, 1.82) is 0 Å². The molecule has 1 aliphatic heterocycles. The highest BCUT2D eigenvalue weighted by molar-refractivity contribution is 6.20. The van der Waals surface area contributed by atoms with E-state index in [0.29, 0.717) is 5.06 Å². The van der Waals surface area contributed by atoms with Crippen LogP contribution in [-0.4, -0.2) is 22.8 Å². The maximum atomic E-state index is 11.9. The minimum Gasteiger partial charge on any atom is -0.274 e. The van der Waals surface area contributed by atoms with Gasteiger partial charge in [0, 0.05) is 0 Å². The first-order chi connectivity index (χ1) is 9.18. The molecule has 0 N–H and O–H groups in total. The molecule has 2 amide bonds. The van der Waals surface area contributed by atoms with Gasteiger partial charge in [0.05, 0.1) is 17.0 Å². The Kier molecular flexibility index (Phi) is 2.79. The molecule has 19 heavy (non-hydrogen) atoms. The lowest BCUT2D eigenvalue weighted by atomic mass is 9.86. The van der Waals surface area contributed by atoms with E-state index in [1.165, 1.54) is 12.1 Å². The molecule has 0 radical (unpaired) electrons. The van der Waals surface area contributed by atoms with Crippen molar-refractivity contribution in [3.8, 4) is 0 Å². The van der Waals surface area contributed by atoms with E-state index < -0.39 is 17.8 Å². The van der Waals surface area contributed by atoms with Crippen LogP contribution in [0.4, 0.5) is 0 Å². The number of carbonyl (C=O) groups excluding carboxylic acids is 3. The number of imide groups is 1. The van der Waals surface area contributed by atoms with Crippen LogP contribution in [0.25, 0.3) is 0 Å². The van der Waals surface area contributed by atoms with Crippen molar-refractivity contribution in [1.82, 2.24) is 5.06 Å². The van der Waals surface area contributed by atoms with Crippen molar-refractivity contribution in [2.45, 2.75) is 19.3 Å². The molecule has 0 aromatic heterocycles. The molecule has 1 saturated carbocycles. The minimum absolute atomic E-state index is 0.185. The molecule has 6 heteroatoms. The molecule has 0 spiro atoms. The van der Waals surface area contributed by atoms with E-state index in [-0.39, 0.29) is 17.0 Å². The van der Waals surface area contributed by atoms with Gasteiger partial charge in [-0.05, 0) is 30.0 Å². The van der Waals surface area contributed by atoms with Crippen LogP contribution in [0.5, 0.6) is 0 Å². The summed E-state index contributed by atoms with van der Waals surface area (Å²) in [6.45, 7) is 0. The SMILES string of the molecule is O=C(OON1C(=O)c2ccccc2C1=O)C1CCC1. The summed E-state index contributed by atoms with van der Waals surface area (Å²) < 4.78 is 0. The van der Waals surface area contributed by atoms with Gasteiger partial charge in [0.2, 0.25) is 0 Å². The molecular weight excluding hydrogens is 250 g/mol. The molecule has 98 valence electrons. The Morgan fingerprint density at radius 3 is 2.16 bits per heavy atom. The van der Waals surface area contributed by atoms with E-state index in [4.69, 9.17) is 0 Å². The molecule has 3 rings (SSSR count). The zero-order valence-corrected chi connectivity index (χ0v) is 10.00. The van der Waals surface area contributed by atoms with Gasteiger partial charge in [-0.25, -0.2) is 4.79 Å². The molecule has 0 unspecified atom stereocenters. The van der Waals surface area contributed by atoms with Crippen LogP contribution in [0.15, 0.2) is 24.3 Å². The Hall–Kier alpha value is -2.21. The Balaban J connectivity index is 1.68. The smallest absolute Gasteiger partial charge is 0.274 e. The van der Waals surface area contributed by atoms with Gasteiger partial charge in [-0.1, -0.05) is 18.6 Å². The number of amides is 2. The van der Waals surface area contributed by atoms with Crippen molar-refractivity contribution in [3.63, 3.8) is 0 Å². The van der Waals surface area contributed by atoms with E-state index in [1.807, 2.05) is 0 Å². The predicted molar refractivity (Wildman–Crippen MR) is 61.5 cm³/mol. The molecule has 1 aliphatic carbocycles. The normalized spacial score (nSPS) is 18.2. The van der Waals surface area contributed by atoms with Crippen LogP contribution in [0.1, 0.15) is 40.0 Å². The fraction of sp³-hybridized carbons (Fsp3) is 0.308. The Morgan fingerprint density at radius 2 is 1.68 bits per heavy atom. The lowest BCUT2D eigenvalue weighted by molar-refractivity contribution is -0.358. The highest BCUT2D eigenvalue weighted by Crippen LogP contribution is 2.28. The van der Waals surface area contributed by atoms with Crippen molar-refractivity contribution in [2.24, 2.45) is 5.92 Å². The molecule has 0 bridgehead atoms. The third-order valence-corrected chi connectivity index (χ3v) is 3.39. The number of benzene rings is 1. The topological polar surface area (TPSA) is 72.9 Å². The molecule has 6 nitrogen and oxygen atoms in total. The third kappa shape index (κ3) is 1.90. The van der Waals surface area contributed by atoms with Crippen LogP contribution in [-0.2, 0) is 14.7 Å². The number of carbonyl (C=O) groups is 3. The second-order valence-electron chi connectivity index (χ2n) is 4.55. The van der Waals surface area contributed by atoms with Crippen molar-refractivity contribution >= 4 is 17.8 Å². The summed E-state index contributed by atoms with van der Waals surface area (Å²) in [5.41, 5.74) is 0.486. The molecule has 0 saturated heterocycles. The predicted octanol–water partition coefficient (Wildman–Crippen LogP) is 1.47. The molecular formula is C13H11NO5. The van der Waals surface area contributed by atoms with E-state index in [1.54, 1.807) is 12.1 Å². The van der Waals surface area contributed by atoms with Crippen LogP contribution in [0.3, 0.4) is 0 Å². The summed E-state index contributed by atoms with van der Waals surface area (Å²) >= 11 is 0. The van der Waals surface area contributed by atoms with Gasteiger partial charge < -0.3 is 0 Å². The second kappa shape index (κ2) is 4.47. The molecule has 1 aromatic carbocycles. The highest BCUT2D eigenvalue weighted by atomic mass is 17.3. The third-order valence-electron chi connectivity index (χ3n) is 3.39. The zero-order valence-electron chi connectivity index (χ0n) is 10.00. The standard InChI is InChI=1S/C13H11NO5/c15-11-9-6-1-2-7-10(9)12(16)14(11)19-18-13(17)8-4-3-5-8/h1-2,6-8H,3-5H2. The van der Waals surface area contributed by atoms with E-state index in [2.05, 4.69) is 9.88 Å². The first-order valence-electron chi connectivity index (χ1n) is 6.05. The zero-order chi connectivity index (χ0) is 13.4. The van der Waals surface area contributed by atoms with Crippen LogP contribution in [0.2, 0.25) is 0 Å². The van der Waals surface area contributed by atoms with Crippen LogP contribution >= 0.6 is 0 Å². The van der Waals surface area contributed by atoms with Gasteiger partial charge in [0.1, 0.15) is 0 Å². The fourth-order valence-electron chi connectivity index (χ4n) is 2.02. The Bertz CT molecular complexity index is 529. The summed E-state index contributed by atoms with van der Waals surface area (Å²) in [6, 6.07) is 6.33. The van der Waals surface area contributed by atoms with Gasteiger partial charge in [-0.15, -0.1) is 5.06 Å². The highest BCUT2D eigenvalue weighted by Gasteiger charge is 2.39. The molecule has 1 heterocycles. The van der Waals surface area contributed by atoms with E-state index in [0.717, 1.165) is 19.3 Å². The summed E-state index contributed by atoms with van der Waals surface area (Å²) in [7, 11) is 0. The number of rotatable bonds is 3. The van der Waals surface area contributed by atoms with E-state index >= 15 is 0 Å². The number of hydrogen-bond acceptors (Lipinski definition) is 5. The summed E-state index contributed by atoms with van der Waals surface area (Å²) in [5, 5.41) is 0.473. The maximum absolute atomic E-state index is 11.9. The van der Waals surface area contributed by atoms with Crippen molar-refractivity contribution in [2.75, 3.05) is 0 Å². The van der Waals surface area contributed by atoms with Gasteiger partial charge in [-0.2, -0.15) is 0 Å². The summed E-state index contributed by atoms with van der Waals surface area (Å²) in [6.07, 6.45) is 2.49. The van der Waals surface area contributed by atoms with E-state index in [9.17, 15) is 14.4 Å².